The summed E-state index contributed by atoms with van der Waals surface area (Å²) >= 11 is 0. The molecular formula is C17H17NO. The lowest BCUT2D eigenvalue weighted by atomic mass is 9.98. The molecule has 0 aromatic heterocycles. The van der Waals surface area contributed by atoms with Crippen molar-refractivity contribution in [1.82, 2.24) is 0 Å². The fraction of sp³-hybridized carbons (Fsp3) is 0.235. The number of ether oxygens (including phenoxy) is 1. The Balaban J connectivity index is 2.24. The average molecular weight is 251 g/mol. The van der Waals surface area contributed by atoms with Gasteiger partial charge in [0, 0.05) is 0 Å². The highest BCUT2D eigenvalue weighted by Crippen LogP contribution is 2.27. The molecule has 0 aliphatic rings. The molecule has 2 heteroatoms. The largest absolute Gasteiger partial charge is 0.457 e. The first kappa shape index (κ1) is 13.2. The van der Waals surface area contributed by atoms with E-state index < -0.39 is 0 Å². The van der Waals surface area contributed by atoms with Crippen LogP contribution in [0.3, 0.4) is 0 Å². The molecule has 2 rings (SSSR count). The van der Waals surface area contributed by atoms with Crippen LogP contribution in [0.25, 0.3) is 0 Å². The Morgan fingerprint density at radius 3 is 2.42 bits per heavy atom. The Kier molecular flexibility index (Phi) is 3.87. The van der Waals surface area contributed by atoms with Gasteiger partial charge in [0.25, 0.3) is 0 Å². The van der Waals surface area contributed by atoms with Crippen molar-refractivity contribution in [3.05, 3.63) is 59.2 Å². The van der Waals surface area contributed by atoms with Gasteiger partial charge in [0.05, 0.1) is 11.6 Å². The second kappa shape index (κ2) is 5.58. The number of aryl methyl sites for hydroxylation is 1. The Labute approximate surface area is 114 Å². The van der Waals surface area contributed by atoms with Crippen molar-refractivity contribution >= 4 is 0 Å². The molecule has 0 N–H and O–H groups in total. The van der Waals surface area contributed by atoms with Gasteiger partial charge in [-0.3, -0.25) is 0 Å². The molecule has 0 saturated carbocycles. The third-order valence-electron chi connectivity index (χ3n) is 3.06. The van der Waals surface area contributed by atoms with Gasteiger partial charge in [0.15, 0.2) is 0 Å². The van der Waals surface area contributed by atoms with E-state index in [0.29, 0.717) is 17.2 Å². The van der Waals surface area contributed by atoms with Gasteiger partial charge in [0.1, 0.15) is 11.5 Å². The number of benzene rings is 2. The SMILES string of the molecule is Cc1cc(Oc2cccc(C#N)c2)ccc1C(C)C. The van der Waals surface area contributed by atoms with Gasteiger partial charge in [-0.05, 0) is 54.3 Å². The van der Waals surface area contributed by atoms with Crippen LogP contribution >= 0.6 is 0 Å². The highest BCUT2D eigenvalue weighted by Gasteiger charge is 2.05. The molecule has 0 aliphatic heterocycles. The number of nitrogens with zero attached hydrogens (tertiary/aromatic N) is 1. The number of nitriles is 1. The molecule has 0 atom stereocenters. The first-order valence-corrected chi connectivity index (χ1v) is 6.38. The molecule has 96 valence electrons. The molecule has 2 nitrogen and oxygen atoms in total. The molecule has 0 amide bonds. The third-order valence-corrected chi connectivity index (χ3v) is 3.06. The van der Waals surface area contributed by atoms with Crippen molar-refractivity contribution in [2.75, 3.05) is 0 Å². The van der Waals surface area contributed by atoms with E-state index >= 15 is 0 Å². The maximum Gasteiger partial charge on any atom is 0.128 e. The molecule has 2 aromatic carbocycles. The summed E-state index contributed by atoms with van der Waals surface area (Å²) in [5, 5.41) is 8.86. The van der Waals surface area contributed by atoms with E-state index in [0.717, 1.165) is 5.75 Å². The van der Waals surface area contributed by atoms with Crippen LogP contribution in [-0.2, 0) is 0 Å². The number of hydrogen-bond acceptors (Lipinski definition) is 2. The second-order valence-corrected chi connectivity index (χ2v) is 4.91. The van der Waals surface area contributed by atoms with Crippen LogP contribution in [0.1, 0.15) is 36.5 Å². The standard InChI is InChI=1S/C17H17NO/c1-12(2)17-8-7-16(9-13(17)3)19-15-6-4-5-14(10-15)11-18/h4-10,12H,1-3H3. The van der Waals surface area contributed by atoms with Gasteiger partial charge in [-0.25, -0.2) is 0 Å². The van der Waals surface area contributed by atoms with Crippen molar-refractivity contribution in [2.24, 2.45) is 0 Å². The Hall–Kier alpha value is -2.27. The van der Waals surface area contributed by atoms with Crippen LogP contribution in [0, 0.1) is 18.3 Å². The molecular weight excluding hydrogens is 234 g/mol. The van der Waals surface area contributed by atoms with E-state index in [2.05, 4.69) is 32.9 Å². The zero-order valence-electron chi connectivity index (χ0n) is 11.5. The van der Waals surface area contributed by atoms with Crippen LogP contribution < -0.4 is 4.74 Å². The van der Waals surface area contributed by atoms with Gasteiger partial charge in [-0.1, -0.05) is 26.0 Å². The number of hydrogen-bond donors (Lipinski definition) is 0. The summed E-state index contributed by atoms with van der Waals surface area (Å²) < 4.78 is 5.79. The highest BCUT2D eigenvalue weighted by molar-refractivity contribution is 5.41. The summed E-state index contributed by atoms with van der Waals surface area (Å²) in [6.45, 7) is 6.45. The molecule has 0 spiro atoms. The topological polar surface area (TPSA) is 33.0 Å². The van der Waals surface area contributed by atoms with Crippen molar-refractivity contribution in [2.45, 2.75) is 26.7 Å². The normalized spacial score (nSPS) is 10.3. The van der Waals surface area contributed by atoms with Crippen LogP contribution in [0.2, 0.25) is 0 Å². The van der Waals surface area contributed by atoms with Crippen molar-refractivity contribution in [1.29, 1.82) is 5.26 Å². The molecule has 0 fully saturated rings. The summed E-state index contributed by atoms with van der Waals surface area (Å²) in [5.41, 5.74) is 3.16. The summed E-state index contributed by atoms with van der Waals surface area (Å²) in [4.78, 5) is 0. The lowest BCUT2D eigenvalue weighted by molar-refractivity contribution is 0.481. The summed E-state index contributed by atoms with van der Waals surface area (Å²) in [7, 11) is 0. The first-order chi connectivity index (χ1) is 9.10. The van der Waals surface area contributed by atoms with E-state index in [4.69, 9.17) is 10.00 Å². The predicted molar refractivity (Wildman–Crippen MR) is 76.5 cm³/mol. The van der Waals surface area contributed by atoms with Crippen molar-refractivity contribution in [3.8, 4) is 17.6 Å². The highest BCUT2D eigenvalue weighted by atomic mass is 16.5. The van der Waals surface area contributed by atoms with Gasteiger partial charge < -0.3 is 4.74 Å². The monoisotopic (exact) mass is 251 g/mol. The molecule has 19 heavy (non-hydrogen) atoms. The summed E-state index contributed by atoms with van der Waals surface area (Å²) in [6, 6.07) is 15.4. The minimum absolute atomic E-state index is 0.510. The summed E-state index contributed by atoms with van der Waals surface area (Å²) in [6.07, 6.45) is 0. The maximum absolute atomic E-state index is 8.86. The van der Waals surface area contributed by atoms with Crippen molar-refractivity contribution in [3.63, 3.8) is 0 Å². The molecule has 0 aliphatic carbocycles. The molecule has 0 bridgehead atoms. The molecule has 0 unspecified atom stereocenters. The van der Waals surface area contributed by atoms with E-state index in [1.807, 2.05) is 24.3 Å². The lowest BCUT2D eigenvalue weighted by Crippen LogP contribution is -1.93. The smallest absolute Gasteiger partial charge is 0.128 e. The third kappa shape index (κ3) is 3.14. The van der Waals surface area contributed by atoms with E-state index in [1.54, 1.807) is 12.1 Å². The average Bonchev–Trinajstić information content (AvgIpc) is 2.38. The van der Waals surface area contributed by atoms with Crippen LogP contribution in [0.15, 0.2) is 42.5 Å². The molecule has 0 saturated heterocycles. The quantitative estimate of drug-likeness (QED) is 0.786. The fourth-order valence-electron chi connectivity index (χ4n) is 2.12. The Bertz CT molecular complexity index is 623. The van der Waals surface area contributed by atoms with E-state index in [1.165, 1.54) is 11.1 Å². The Morgan fingerprint density at radius 1 is 1.05 bits per heavy atom. The van der Waals surface area contributed by atoms with Crippen LogP contribution in [-0.4, -0.2) is 0 Å². The van der Waals surface area contributed by atoms with E-state index in [9.17, 15) is 0 Å². The van der Waals surface area contributed by atoms with Crippen LogP contribution in [0.4, 0.5) is 0 Å². The minimum Gasteiger partial charge on any atom is -0.457 e. The second-order valence-electron chi connectivity index (χ2n) is 4.91. The molecule has 0 heterocycles. The predicted octanol–water partition coefficient (Wildman–Crippen LogP) is 4.78. The molecule has 2 aromatic rings. The lowest BCUT2D eigenvalue weighted by Gasteiger charge is -2.12. The van der Waals surface area contributed by atoms with Gasteiger partial charge >= 0.3 is 0 Å². The summed E-state index contributed by atoms with van der Waals surface area (Å²) in [5.74, 6) is 2.00. The van der Waals surface area contributed by atoms with Gasteiger partial charge in [0.2, 0.25) is 0 Å². The van der Waals surface area contributed by atoms with Crippen molar-refractivity contribution < 1.29 is 4.74 Å². The first-order valence-electron chi connectivity index (χ1n) is 6.38. The van der Waals surface area contributed by atoms with Gasteiger partial charge in [-0.15, -0.1) is 0 Å². The van der Waals surface area contributed by atoms with Crippen LogP contribution in [0.5, 0.6) is 11.5 Å². The zero-order valence-corrected chi connectivity index (χ0v) is 11.5. The van der Waals surface area contributed by atoms with Gasteiger partial charge in [-0.2, -0.15) is 5.26 Å². The number of rotatable bonds is 3. The Morgan fingerprint density at radius 2 is 1.79 bits per heavy atom. The maximum atomic E-state index is 8.86. The molecule has 0 radical (unpaired) electrons. The minimum atomic E-state index is 0.510. The zero-order chi connectivity index (χ0) is 13.8. The van der Waals surface area contributed by atoms with E-state index in [-0.39, 0.29) is 0 Å². The fourth-order valence-corrected chi connectivity index (χ4v) is 2.12.